The molecule has 2 aromatic carbocycles. The molecule has 0 aliphatic carbocycles. The maximum Gasteiger partial charge on any atom is 0.170 e. The van der Waals surface area contributed by atoms with Crippen LogP contribution in [0.1, 0.15) is 34.7 Å². The number of hydrogen-bond donors (Lipinski definition) is 1. The van der Waals surface area contributed by atoms with Crippen molar-refractivity contribution in [2.24, 2.45) is 0 Å². The standard InChI is InChI=1S/C27H24ClN3O2S/c1-17-6-9-19(28)15-21(17)23-12-13-24(33-23)26-25(22-5-3-4-14-29-22)30-27(34)31(26)16-18-7-10-20(32-2)11-8-18/h3-15,25-26H,16H2,1-2H3,(H,30,34)/t25-,26-/m0/s1. The molecule has 0 unspecified atom stereocenters. The molecule has 1 N–H and O–H groups in total. The van der Waals surface area contributed by atoms with Crippen molar-refractivity contribution in [2.75, 3.05) is 7.11 Å². The van der Waals surface area contributed by atoms with E-state index in [9.17, 15) is 0 Å². The molecule has 4 aromatic rings. The van der Waals surface area contributed by atoms with Crippen LogP contribution in [-0.2, 0) is 6.54 Å². The molecular weight excluding hydrogens is 466 g/mol. The molecule has 5 rings (SSSR count). The van der Waals surface area contributed by atoms with Crippen molar-refractivity contribution in [3.63, 3.8) is 0 Å². The van der Waals surface area contributed by atoms with Gasteiger partial charge in [-0.15, -0.1) is 0 Å². The summed E-state index contributed by atoms with van der Waals surface area (Å²) in [5, 5.41) is 4.81. The zero-order valence-electron chi connectivity index (χ0n) is 18.9. The van der Waals surface area contributed by atoms with Crippen molar-refractivity contribution in [1.29, 1.82) is 0 Å². The number of pyridine rings is 1. The van der Waals surface area contributed by atoms with Crippen molar-refractivity contribution in [3.8, 4) is 17.1 Å². The van der Waals surface area contributed by atoms with Crippen molar-refractivity contribution in [3.05, 3.63) is 107 Å². The number of nitrogens with zero attached hydrogens (tertiary/aromatic N) is 2. The van der Waals surface area contributed by atoms with E-state index in [-0.39, 0.29) is 12.1 Å². The van der Waals surface area contributed by atoms with E-state index in [0.29, 0.717) is 16.7 Å². The fourth-order valence-corrected chi connectivity index (χ4v) is 4.81. The van der Waals surface area contributed by atoms with Gasteiger partial charge in [-0.1, -0.05) is 35.9 Å². The van der Waals surface area contributed by atoms with Gasteiger partial charge in [0.05, 0.1) is 18.8 Å². The first-order valence-corrected chi connectivity index (χ1v) is 11.8. The maximum atomic E-state index is 6.45. The summed E-state index contributed by atoms with van der Waals surface area (Å²) < 4.78 is 11.8. The Kier molecular flexibility index (Phi) is 6.26. The molecule has 0 amide bonds. The molecule has 3 heterocycles. The number of hydrogen-bond acceptors (Lipinski definition) is 4. The molecule has 1 saturated heterocycles. The van der Waals surface area contributed by atoms with Crippen molar-refractivity contribution in [1.82, 2.24) is 15.2 Å². The number of thiocarbonyl (C=S) groups is 1. The van der Waals surface area contributed by atoms with Gasteiger partial charge < -0.3 is 19.4 Å². The van der Waals surface area contributed by atoms with E-state index in [1.54, 1.807) is 13.3 Å². The van der Waals surface area contributed by atoms with Crippen molar-refractivity contribution in [2.45, 2.75) is 25.6 Å². The number of aryl methyl sites for hydroxylation is 1. The first-order chi connectivity index (χ1) is 16.5. The van der Waals surface area contributed by atoms with E-state index in [4.69, 9.17) is 33.0 Å². The van der Waals surface area contributed by atoms with Gasteiger partial charge in [-0.05, 0) is 78.8 Å². The van der Waals surface area contributed by atoms with Gasteiger partial charge in [-0.3, -0.25) is 4.98 Å². The third-order valence-electron chi connectivity index (χ3n) is 6.09. The highest BCUT2D eigenvalue weighted by Crippen LogP contribution is 2.41. The first-order valence-electron chi connectivity index (χ1n) is 11.0. The number of ether oxygens (including phenoxy) is 1. The highest BCUT2D eigenvalue weighted by atomic mass is 35.5. The highest BCUT2D eigenvalue weighted by molar-refractivity contribution is 7.80. The SMILES string of the molecule is COc1ccc(CN2C(=S)N[C@@H](c3ccccn3)[C@@H]2c2ccc(-c3cc(Cl)ccc3C)o2)cc1. The van der Waals surface area contributed by atoms with E-state index in [2.05, 4.69) is 27.3 Å². The number of nitrogens with one attached hydrogen (secondary N) is 1. The molecular formula is C27H24ClN3O2S. The lowest BCUT2D eigenvalue weighted by molar-refractivity contribution is 0.269. The number of benzene rings is 2. The smallest absolute Gasteiger partial charge is 0.170 e. The van der Waals surface area contributed by atoms with Crippen molar-refractivity contribution < 1.29 is 9.15 Å². The number of aromatic nitrogens is 1. The van der Waals surface area contributed by atoms with Gasteiger partial charge in [0.2, 0.25) is 0 Å². The highest BCUT2D eigenvalue weighted by Gasteiger charge is 2.41. The van der Waals surface area contributed by atoms with Crippen LogP contribution in [-0.4, -0.2) is 22.1 Å². The second-order valence-electron chi connectivity index (χ2n) is 8.26. The van der Waals surface area contributed by atoms with Crippen LogP contribution in [0.4, 0.5) is 0 Å². The molecule has 0 bridgehead atoms. The van der Waals surface area contributed by atoms with E-state index in [1.165, 1.54) is 0 Å². The molecule has 34 heavy (non-hydrogen) atoms. The largest absolute Gasteiger partial charge is 0.497 e. The monoisotopic (exact) mass is 489 g/mol. The van der Waals surface area contributed by atoms with Gasteiger partial charge in [0.25, 0.3) is 0 Å². The van der Waals surface area contributed by atoms with Crippen LogP contribution < -0.4 is 10.1 Å². The fraction of sp³-hybridized carbons (Fsp3) is 0.185. The molecule has 2 aromatic heterocycles. The predicted molar refractivity (Wildman–Crippen MR) is 138 cm³/mol. The summed E-state index contributed by atoms with van der Waals surface area (Å²) in [6.07, 6.45) is 1.80. The molecule has 0 radical (unpaired) electrons. The Balaban J connectivity index is 1.53. The zero-order chi connectivity index (χ0) is 23.7. The van der Waals surface area contributed by atoms with E-state index < -0.39 is 0 Å². The van der Waals surface area contributed by atoms with E-state index in [0.717, 1.165) is 39.7 Å². The van der Waals surface area contributed by atoms with Crippen LogP contribution in [0.25, 0.3) is 11.3 Å². The zero-order valence-corrected chi connectivity index (χ0v) is 20.4. The Morgan fingerprint density at radius 1 is 1.09 bits per heavy atom. The summed E-state index contributed by atoms with van der Waals surface area (Å²) in [5.74, 6) is 2.41. The molecule has 0 saturated carbocycles. The number of halogens is 1. The van der Waals surface area contributed by atoms with Gasteiger partial charge >= 0.3 is 0 Å². The third kappa shape index (κ3) is 4.39. The first kappa shape index (κ1) is 22.4. The Bertz CT molecular complexity index is 1310. The Morgan fingerprint density at radius 3 is 2.65 bits per heavy atom. The van der Waals surface area contributed by atoms with Crippen LogP contribution >= 0.6 is 23.8 Å². The minimum absolute atomic E-state index is 0.147. The Labute approximate surface area is 209 Å². The maximum absolute atomic E-state index is 6.45. The number of rotatable bonds is 6. The van der Waals surface area contributed by atoms with Crippen LogP contribution in [0, 0.1) is 6.92 Å². The minimum atomic E-state index is -0.169. The molecule has 0 spiro atoms. The molecule has 2 atom stereocenters. The van der Waals surface area contributed by atoms with Crippen LogP contribution in [0.2, 0.25) is 5.02 Å². The lowest BCUT2D eigenvalue weighted by Crippen LogP contribution is -2.29. The summed E-state index contributed by atoms with van der Waals surface area (Å²) in [7, 11) is 1.66. The average molecular weight is 490 g/mol. The molecule has 5 nitrogen and oxygen atoms in total. The lowest BCUT2D eigenvalue weighted by atomic mass is 10.0. The van der Waals surface area contributed by atoms with Gasteiger partial charge in [-0.2, -0.15) is 0 Å². The molecule has 172 valence electrons. The van der Waals surface area contributed by atoms with Gasteiger partial charge in [0.1, 0.15) is 23.3 Å². The normalized spacial score (nSPS) is 17.6. The summed E-state index contributed by atoms with van der Waals surface area (Å²) in [6, 6.07) is 23.4. The predicted octanol–water partition coefficient (Wildman–Crippen LogP) is 6.48. The topological polar surface area (TPSA) is 50.5 Å². The van der Waals surface area contributed by atoms with Gasteiger partial charge in [-0.25, -0.2) is 0 Å². The van der Waals surface area contributed by atoms with Gasteiger partial charge in [0.15, 0.2) is 5.11 Å². The quantitative estimate of drug-likeness (QED) is 0.312. The summed E-state index contributed by atoms with van der Waals surface area (Å²) in [5.41, 5.74) is 4.10. The average Bonchev–Trinajstić information content (AvgIpc) is 3.46. The van der Waals surface area contributed by atoms with Gasteiger partial charge in [0, 0.05) is 23.3 Å². The van der Waals surface area contributed by atoms with Crippen LogP contribution in [0.15, 0.2) is 83.4 Å². The van der Waals surface area contributed by atoms with Crippen LogP contribution in [0.3, 0.4) is 0 Å². The summed E-state index contributed by atoms with van der Waals surface area (Å²) in [6.45, 7) is 2.67. The van der Waals surface area contributed by atoms with Crippen LogP contribution in [0.5, 0.6) is 5.75 Å². The van der Waals surface area contributed by atoms with E-state index >= 15 is 0 Å². The summed E-state index contributed by atoms with van der Waals surface area (Å²) in [4.78, 5) is 6.76. The second-order valence-corrected chi connectivity index (χ2v) is 9.09. The molecule has 7 heteroatoms. The Morgan fingerprint density at radius 2 is 1.91 bits per heavy atom. The lowest BCUT2D eigenvalue weighted by Gasteiger charge is -2.26. The number of methoxy groups -OCH3 is 1. The van der Waals surface area contributed by atoms with Crippen molar-refractivity contribution >= 4 is 28.9 Å². The minimum Gasteiger partial charge on any atom is -0.497 e. The fourth-order valence-electron chi connectivity index (χ4n) is 4.33. The molecule has 1 aliphatic rings. The Hall–Kier alpha value is -3.35. The van der Waals surface area contributed by atoms with E-state index in [1.807, 2.05) is 67.6 Å². The summed E-state index contributed by atoms with van der Waals surface area (Å²) >= 11 is 12.0. The second kappa shape index (κ2) is 9.49. The number of furan rings is 1. The third-order valence-corrected chi connectivity index (χ3v) is 6.68. The molecule has 1 aliphatic heterocycles. The molecule has 1 fully saturated rings.